The van der Waals surface area contributed by atoms with Crippen molar-refractivity contribution in [1.29, 1.82) is 0 Å². The third-order valence-electron chi connectivity index (χ3n) is 4.97. The Bertz CT molecular complexity index is 1150. The SMILES string of the molecule is CC1C=CN2C1C(=O)Nc1cc(C(=O)NCc3cccc(F)c3)ccc1S2(=O)=O. The first-order valence-electron chi connectivity index (χ1n) is 8.97. The summed E-state index contributed by atoms with van der Waals surface area (Å²) < 4.78 is 40.2. The summed E-state index contributed by atoms with van der Waals surface area (Å²) >= 11 is 0. The zero-order valence-electron chi connectivity index (χ0n) is 15.4. The first-order chi connectivity index (χ1) is 13.8. The van der Waals surface area contributed by atoms with Gasteiger partial charge in [0.2, 0.25) is 5.91 Å². The van der Waals surface area contributed by atoms with Crippen LogP contribution < -0.4 is 10.6 Å². The average Bonchev–Trinajstić information content (AvgIpc) is 3.05. The second kappa shape index (κ2) is 7.00. The number of carbonyl (C=O) groups excluding carboxylic acids is 2. The van der Waals surface area contributed by atoms with Gasteiger partial charge >= 0.3 is 0 Å². The van der Waals surface area contributed by atoms with Gasteiger partial charge in [-0.15, -0.1) is 0 Å². The molecule has 2 unspecified atom stereocenters. The molecule has 0 saturated heterocycles. The van der Waals surface area contributed by atoms with Gasteiger partial charge in [0, 0.05) is 24.2 Å². The number of carbonyl (C=O) groups is 2. The molecule has 2 N–H and O–H groups in total. The van der Waals surface area contributed by atoms with Crippen LogP contribution in [0.15, 0.2) is 59.6 Å². The van der Waals surface area contributed by atoms with E-state index in [0.717, 1.165) is 4.31 Å². The maximum absolute atomic E-state index is 13.3. The largest absolute Gasteiger partial charge is 0.348 e. The normalized spacial score (nSPS) is 21.7. The zero-order chi connectivity index (χ0) is 20.8. The minimum absolute atomic E-state index is 0.0587. The highest BCUT2D eigenvalue weighted by Crippen LogP contribution is 2.36. The maximum atomic E-state index is 13.3. The van der Waals surface area contributed by atoms with Gasteiger partial charge in [-0.25, -0.2) is 12.8 Å². The number of hydrogen-bond acceptors (Lipinski definition) is 4. The van der Waals surface area contributed by atoms with Crippen LogP contribution in [0.2, 0.25) is 0 Å². The fraction of sp³-hybridized carbons (Fsp3) is 0.200. The lowest BCUT2D eigenvalue weighted by Gasteiger charge is -2.23. The van der Waals surface area contributed by atoms with Gasteiger partial charge in [-0.3, -0.25) is 13.9 Å². The number of nitrogens with zero attached hydrogens (tertiary/aromatic N) is 1. The Morgan fingerprint density at radius 2 is 2.03 bits per heavy atom. The number of amides is 2. The van der Waals surface area contributed by atoms with E-state index in [0.29, 0.717) is 5.56 Å². The van der Waals surface area contributed by atoms with Crippen molar-refractivity contribution in [1.82, 2.24) is 9.62 Å². The van der Waals surface area contributed by atoms with Crippen molar-refractivity contribution in [3.8, 4) is 0 Å². The van der Waals surface area contributed by atoms with Crippen molar-refractivity contribution in [2.24, 2.45) is 5.92 Å². The van der Waals surface area contributed by atoms with Crippen molar-refractivity contribution in [3.63, 3.8) is 0 Å². The van der Waals surface area contributed by atoms with Crippen LogP contribution in [0.4, 0.5) is 10.1 Å². The van der Waals surface area contributed by atoms with E-state index in [1.165, 1.54) is 36.5 Å². The molecule has 2 amide bonds. The molecule has 9 heteroatoms. The van der Waals surface area contributed by atoms with Gasteiger partial charge in [0.15, 0.2) is 0 Å². The molecule has 0 fully saturated rings. The molecular formula is C20H18FN3O4S. The first kappa shape index (κ1) is 19.1. The molecule has 0 saturated carbocycles. The van der Waals surface area contributed by atoms with Crippen molar-refractivity contribution < 1.29 is 22.4 Å². The van der Waals surface area contributed by atoms with Gasteiger partial charge in [-0.1, -0.05) is 25.1 Å². The zero-order valence-corrected chi connectivity index (χ0v) is 16.2. The van der Waals surface area contributed by atoms with Gasteiger partial charge in [0.1, 0.15) is 16.8 Å². The third kappa shape index (κ3) is 3.38. The molecular weight excluding hydrogens is 397 g/mol. The maximum Gasteiger partial charge on any atom is 0.266 e. The minimum atomic E-state index is -3.93. The molecule has 2 aliphatic heterocycles. The van der Waals surface area contributed by atoms with Crippen LogP contribution in [-0.4, -0.2) is 30.6 Å². The number of benzene rings is 2. The van der Waals surface area contributed by atoms with E-state index in [-0.39, 0.29) is 28.6 Å². The van der Waals surface area contributed by atoms with Crippen molar-refractivity contribution in [3.05, 3.63) is 71.7 Å². The van der Waals surface area contributed by atoms with Gasteiger partial charge < -0.3 is 10.6 Å². The average molecular weight is 415 g/mol. The summed E-state index contributed by atoms with van der Waals surface area (Å²) in [7, 11) is -3.93. The molecule has 7 nitrogen and oxygen atoms in total. The number of nitrogens with one attached hydrogen (secondary N) is 2. The highest BCUT2D eigenvalue weighted by atomic mass is 32.2. The standard InChI is InChI=1S/C20H18FN3O4S/c1-12-7-8-24-18(12)20(26)23-16-10-14(5-6-17(16)29(24,27)28)19(25)22-11-13-3-2-4-15(21)9-13/h2-10,12,18H,11H2,1H3,(H,22,25)(H,23,26). The number of sulfonamides is 1. The molecule has 2 heterocycles. The number of rotatable bonds is 3. The Hall–Kier alpha value is -3.20. The van der Waals surface area contributed by atoms with E-state index in [4.69, 9.17) is 0 Å². The fourth-order valence-electron chi connectivity index (χ4n) is 3.48. The van der Waals surface area contributed by atoms with E-state index in [2.05, 4.69) is 10.6 Å². The Morgan fingerprint density at radius 1 is 1.24 bits per heavy atom. The fourth-order valence-corrected chi connectivity index (χ4v) is 5.15. The van der Waals surface area contributed by atoms with Crippen LogP contribution in [0.1, 0.15) is 22.8 Å². The molecule has 29 heavy (non-hydrogen) atoms. The summed E-state index contributed by atoms with van der Waals surface area (Å²) in [5, 5.41) is 5.28. The summed E-state index contributed by atoms with van der Waals surface area (Å²) in [5.74, 6) is -1.60. The third-order valence-corrected chi connectivity index (χ3v) is 6.79. The summed E-state index contributed by atoms with van der Waals surface area (Å²) in [4.78, 5) is 25.0. The van der Waals surface area contributed by atoms with Crippen molar-refractivity contribution >= 4 is 27.5 Å². The molecule has 2 aromatic rings. The Kier molecular flexibility index (Phi) is 4.62. The molecule has 0 bridgehead atoms. The van der Waals surface area contributed by atoms with Gasteiger partial charge in [-0.05, 0) is 35.9 Å². The molecule has 0 radical (unpaired) electrons. The Morgan fingerprint density at radius 3 is 2.79 bits per heavy atom. The van der Waals surface area contributed by atoms with Crippen molar-refractivity contribution in [2.45, 2.75) is 24.4 Å². The molecule has 0 aliphatic carbocycles. The second-order valence-electron chi connectivity index (χ2n) is 6.99. The predicted octanol–water partition coefficient (Wildman–Crippen LogP) is 2.23. The quantitative estimate of drug-likeness (QED) is 0.804. The number of fused-ring (bicyclic) bond motifs is 2. The van der Waals surface area contributed by atoms with E-state index in [1.807, 2.05) is 0 Å². The van der Waals surface area contributed by atoms with E-state index >= 15 is 0 Å². The number of anilines is 1. The van der Waals surface area contributed by atoms with Crippen LogP contribution in [0, 0.1) is 11.7 Å². The summed E-state index contributed by atoms with van der Waals surface area (Å²) in [6.45, 7) is 1.87. The molecule has 2 atom stereocenters. The topological polar surface area (TPSA) is 95.6 Å². The molecule has 0 spiro atoms. The lowest BCUT2D eigenvalue weighted by atomic mass is 10.0. The van der Waals surface area contributed by atoms with Gasteiger partial charge in [0.25, 0.3) is 15.9 Å². The molecule has 0 aromatic heterocycles. The second-order valence-corrected chi connectivity index (χ2v) is 8.80. The Labute approximate surface area is 167 Å². The first-order valence-corrected chi connectivity index (χ1v) is 10.4. The predicted molar refractivity (Wildman–Crippen MR) is 104 cm³/mol. The van der Waals surface area contributed by atoms with Crippen LogP contribution in [0.5, 0.6) is 0 Å². The molecule has 2 aromatic carbocycles. The van der Waals surface area contributed by atoms with Crippen LogP contribution in [-0.2, 0) is 21.4 Å². The summed E-state index contributed by atoms with van der Waals surface area (Å²) in [6.07, 6.45) is 3.07. The van der Waals surface area contributed by atoms with E-state index < -0.39 is 33.7 Å². The monoisotopic (exact) mass is 415 g/mol. The summed E-state index contributed by atoms with van der Waals surface area (Å²) in [6, 6.07) is 9.00. The number of halogens is 1. The van der Waals surface area contributed by atoms with Gasteiger partial charge in [-0.2, -0.15) is 0 Å². The molecule has 2 aliphatic rings. The smallest absolute Gasteiger partial charge is 0.266 e. The molecule has 4 rings (SSSR count). The van der Waals surface area contributed by atoms with Crippen molar-refractivity contribution in [2.75, 3.05) is 5.32 Å². The van der Waals surface area contributed by atoms with E-state index in [9.17, 15) is 22.4 Å². The van der Waals surface area contributed by atoms with Gasteiger partial charge in [0.05, 0.1) is 5.69 Å². The van der Waals surface area contributed by atoms with Crippen LogP contribution in [0.25, 0.3) is 0 Å². The Balaban J connectivity index is 1.61. The highest BCUT2D eigenvalue weighted by molar-refractivity contribution is 7.89. The lowest BCUT2D eigenvalue weighted by Crippen LogP contribution is -2.42. The highest BCUT2D eigenvalue weighted by Gasteiger charge is 2.43. The lowest BCUT2D eigenvalue weighted by molar-refractivity contribution is -0.119. The minimum Gasteiger partial charge on any atom is -0.348 e. The van der Waals surface area contributed by atoms with Crippen LogP contribution in [0.3, 0.4) is 0 Å². The van der Waals surface area contributed by atoms with Crippen LogP contribution >= 0.6 is 0 Å². The van der Waals surface area contributed by atoms with E-state index in [1.54, 1.807) is 25.1 Å². The number of hydrogen-bond donors (Lipinski definition) is 2. The summed E-state index contributed by atoms with van der Waals surface area (Å²) in [5.41, 5.74) is 0.829. The molecule has 150 valence electrons.